The van der Waals surface area contributed by atoms with Gasteiger partial charge in [0.1, 0.15) is 62.9 Å². The Balaban J connectivity index is 0.857. The van der Waals surface area contributed by atoms with Crippen LogP contribution in [0.4, 0.5) is 24.0 Å². The molecule has 696 valence electrons. The predicted molar refractivity (Wildman–Crippen MR) is 494 cm³/mol. The van der Waals surface area contributed by atoms with Gasteiger partial charge in [0, 0.05) is 30.6 Å². The molecule has 6 fully saturated rings. The number of Topliss-reactive ketones (excluding diaryl/α,β-unsaturated/α-hetero) is 1. The van der Waals surface area contributed by atoms with E-state index in [1.54, 1.807) is 97.1 Å². The van der Waals surface area contributed by atoms with Gasteiger partial charge < -0.3 is 102 Å². The van der Waals surface area contributed by atoms with Gasteiger partial charge in [-0.2, -0.15) is 0 Å². The molecule has 5 aliphatic heterocycles. The molecule has 16 rings (SSSR count). The van der Waals surface area contributed by atoms with Crippen LogP contribution in [0.3, 0.4) is 0 Å². The molecule has 10 aromatic carbocycles. The van der Waals surface area contributed by atoms with Gasteiger partial charge in [0.25, 0.3) is 16.6 Å². The average Bonchev–Trinajstić information content (AvgIpc) is 1.70. The Morgan fingerprint density at radius 1 is 0.511 bits per heavy atom. The molecule has 19 atom stereocenters. The topological polar surface area (TPSA) is 333 Å². The summed E-state index contributed by atoms with van der Waals surface area (Å²) in [5.41, 5.74) is 3.82. The predicted octanol–water partition coefficient (Wildman–Crippen LogP) is 12.6. The summed E-state index contributed by atoms with van der Waals surface area (Å²) in [6.45, 7) is 8.73. The first kappa shape index (κ1) is 94.4. The van der Waals surface area contributed by atoms with Crippen molar-refractivity contribution in [3.8, 4) is 0 Å². The van der Waals surface area contributed by atoms with E-state index in [4.69, 9.17) is 70.7 Å². The van der Waals surface area contributed by atoms with E-state index in [9.17, 15) is 29.1 Å². The Kier molecular flexibility index (Phi) is 30.5. The van der Waals surface area contributed by atoms with Crippen LogP contribution in [0, 0.1) is 5.92 Å². The third-order valence-corrected chi connectivity index (χ3v) is 35.0. The number of ether oxygens (including phenoxy) is 14. The van der Waals surface area contributed by atoms with Gasteiger partial charge in [0.15, 0.2) is 49.4 Å². The third-order valence-electron chi connectivity index (χ3n) is 25.5. The van der Waals surface area contributed by atoms with Crippen LogP contribution in [-0.4, -0.2) is 193 Å². The molecule has 3 unspecified atom stereocenters. The molecule has 1 saturated carbocycles. The molecule has 0 spiro atoms. The standard InChI is InChI=1S/C103H113N5O23Si2/c1-102(2,3)133(76-53-33-15-34-54-76,77-55-35-16-36-56-77)123-66-83-87(127-95-84(106-98(112)120-62-68-39-19-8-20-40-68)81(109)57-73(124-95)60-108(92(117-6)71-45-25-11-26-46-71)101(115)122-64-70-43-23-10-24-44-70)78(59-103(4,5)132(116,74-49-29-13-30-50-74)75-51-31-14-32-52-75)94(125-83)130-91-88(79(58-80-89(91)131-100(114)105-80)104-97(111)119-61-67-37-17-7-18-38-67)128-96-85(107-99(113)121-63-69-41-21-9-22-42-69)86(110)90-82(126-96)65-118-93(129-90)72-47-27-12-28-48-72/h7-56,73,78-85,87-96,109,116H,57-66H2,1-6H3,(H,104,111)(H,105,114)(H,106,112)(H,107,113)/t73-,78-,79+,80-,81+,82-,83-,84-,85-,87+,88-,89+,90-,91?,92?,93?,94+,95-,96-/m1/s1. The number of carbonyl (C=O) groups is 6. The van der Waals surface area contributed by atoms with Crippen molar-refractivity contribution in [2.75, 3.05) is 26.9 Å². The number of fused-ring (bicyclic) bond motifs is 2. The van der Waals surface area contributed by atoms with E-state index in [2.05, 4.69) is 42.0 Å². The third kappa shape index (κ3) is 22.0. The summed E-state index contributed by atoms with van der Waals surface area (Å²) in [4.78, 5) is 106. The molecule has 6 aliphatic rings. The number of alkyl carbamates (subject to hydrolysis) is 4. The maximum atomic E-state index is 15.9. The molecule has 10 aromatic rings. The summed E-state index contributed by atoms with van der Waals surface area (Å²) in [6.07, 6.45) is -25.3. The van der Waals surface area contributed by atoms with Gasteiger partial charge >= 0.3 is 30.5 Å². The molecule has 0 aromatic heterocycles. The van der Waals surface area contributed by atoms with Crippen LogP contribution in [0.25, 0.3) is 0 Å². The number of aliphatic hydroxyl groups excluding tert-OH is 1. The Morgan fingerprint density at radius 2 is 0.970 bits per heavy atom. The Hall–Kier alpha value is -11.8. The summed E-state index contributed by atoms with van der Waals surface area (Å²) < 4.78 is 103. The Labute approximate surface area is 775 Å². The Bertz CT molecular complexity index is 5370. The fourth-order valence-electron chi connectivity index (χ4n) is 19.1. The molecule has 5 saturated heterocycles. The first-order valence-corrected chi connectivity index (χ1v) is 48.8. The number of aliphatic hydroxyl groups is 1. The molecule has 6 N–H and O–H groups in total. The van der Waals surface area contributed by atoms with Crippen LogP contribution in [0.15, 0.2) is 303 Å². The number of ketones is 1. The smallest absolute Gasteiger partial charge is 0.412 e. The van der Waals surface area contributed by atoms with E-state index in [1.807, 2.05) is 220 Å². The van der Waals surface area contributed by atoms with Gasteiger partial charge in [0.05, 0.1) is 50.2 Å². The monoisotopic (exact) mass is 1840 g/mol. The number of benzene rings is 10. The maximum absolute atomic E-state index is 15.9. The van der Waals surface area contributed by atoms with Crippen LogP contribution < -0.4 is 42.0 Å². The molecule has 1 aliphatic carbocycles. The summed E-state index contributed by atoms with van der Waals surface area (Å²) in [5, 5.41) is 26.1. The fraction of sp³-hybridized carbons (Fsp3) is 0.359. The van der Waals surface area contributed by atoms with E-state index >= 15 is 9.59 Å². The minimum atomic E-state index is -4.24. The second-order valence-electron chi connectivity index (χ2n) is 35.8. The summed E-state index contributed by atoms with van der Waals surface area (Å²) >= 11 is 0. The molecule has 0 radical (unpaired) electrons. The van der Waals surface area contributed by atoms with Crippen LogP contribution >= 0.6 is 0 Å². The summed E-state index contributed by atoms with van der Waals surface area (Å²) in [7, 11) is -6.47. The van der Waals surface area contributed by atoms with Crippen molar-refractivity contribution in [2.24, 2.45) is 5.92 Å². The maximum Gasteiger partial charge on any atom is 0.412 e. The van der Waals surface area contributed by atoms with Crippen molar-refractivity contribution in [2.45, 2.75) is 201 Å². The molecular formula is C103H113N5O23Si2. The molecule has 0 bridgehead atoms. The van der Waals surface area contributed by atoms with Crippen LogP contribution in [0.2, 0.25) is 10.1 Å². The summed E-state index contributed by atoms with van der Waals surface area (Å²) in [5.74, 6) is -1.93. The molecule has 5 amide bonds. The molecular weight excluding hydrogens is 1730 g/mol. The highest BCUT2D eigenvalue weighted by Gasteiger charge is 2.63. The van der Waals surface area contributed by atoms with E-state index in [-0.39, 0.29) is 65.4 Å². The average molecular weight is 1850 g/mol. The number of amides is 5. The van der Waals surface area contributed by atoms with E-state index in [0.717, 1.165) is 10.4 Å². The van der Waals surface area contributed by atoms with E-state index < -0.39 is 179 Å². The van der Waals surface area contributed by atoms with Crippen molar-refractivity contribution >= 4 is 73.6 Å². The van der Waals surface area contributed by atoms with Gasteiger partial charge in [-0.15, -0.1) is 0 Å². The minimum Gasteiger partial charge on any atom is -0.445 e. The number of hydrogen-bond donors (Lipinski definition) is 6. The van der Waals surface area contributed by atoms with Crippen molar-refractivity contribution in [3.05, 3.63) is 337 Å². The number of hydrogen-bond acceptors (Lipinski definition) is 23. The van der Waals surface area contributed by atoms with Gasteiger partial charge in [0.2, 0.25) is 0 Å². The Morgan fingerprint density at radius 3 is 1.48 bits per heavy atom. The highest BCUT2D eigenvalue weighted by Crippen LogP contribution is 2.50. The van der Waals surface area contributed by atoms with Crippen molar-refractivity contribution < 1.29 is 109 Å². The summed E-state index contributed by atoms with van der Waals surface area (Å²) in [6, 6.07) is 87.4. The van der Waals surface area contributed by atoms with E-state index in [0.29, 0.717) is 43.8 Å². The van der Waals surface area contributed by atoms with Gasteiger partial charge in [-0.3, -0.25) is 9.69 Å². The largest absolute Gasteiger partial charge is 0.445 e. The zero-order valence-electron chi connectivity index (χ0n) is 74.8. The van der Waals surface area contributed by atoms with Crippen molar-refractivity contribution in [3.63, 3.8) is 0 Å². The zero-order valence-corrected chi connectivity index (χ0v) is 76.8. The number of rotatable bonds is 33. The number of nitrogens with zero attached hydrogens (tertiary/aromatic N) is 1. The molecule has 30 heteroatoms. The lowest BCUT2D eigenvalue weighted by Crippen LogP contribution is -2.69. The number of methoxy groups -OCH3 is 1. The molecule has 133 heavy (non-hydrogen) atoms. The van der Waals surface area contributed by atoms with Gasteiger partial charge in [-0.25, -0.2) is 24.0 Å². The second-order valence-corrected chi connectivity index (χ2v) is 44.0. The van der Waals surface area contributed by atoms with Crippen LogP contribution in [0.5, 0.6) is 0 Å². The second kappa shape index (κ2) is 43.0. The number of carbonyl (C=O) groups excluding carboxylic acids is 6. The minimum absolute atomic E-state index is 0.101. The normalized spacial score (nSPS) is 25.5. The lowest BCUT2D eigenvalue weighted by molar-refractivity contribution is -0.324. The molecule has 28 nitrogen and oxygen atoms in total. The fourth-order valence-corrected chi connectivity index (χ4v) is 27.4. The van der Waals surface area contributed by atoms with Crippen LogP contribution in [-0.2, 0) is 102 Å². The SMILES string of the molecule is COC(c1ccccc1)N(C[C@H]1C[C@H](O)[C@@H](NC(=O)OCc2ccccc2)[C@@H](O[C@H]2[C@@H](CC(C)(C)[Si](O)(c3ccccc3)c3ccccc3)[C@H](OC3[C@H]4OC(=O)N[C@@H]4C[C@H](NC(=O)OCc4ccccc4)[C@H]3O[C@H]3O[C@@H]4COC(c5ccccc5)O[C@H]4C(=O)[C@H]3NC(=O)OCc3ccccc3)O[C@@H]2CO[Si](c2ccccc2)(c2ccccc2)C(C)(C)C)O1)C(=O)OCc1ccccc1. The van der Waals surface area contributed by atoms with Gasteiger partial charge in [-0.1, -0.05) is 338 Å². The zero-order chi connectivity index (χ0) is 92.6. The lowest BCUT2D eigenvalue weighted by atomic mass is 9.83. The van der Waals surface area contributed by atoms with Gasteiger partial charge in [-0.05, 0) is 65.9 Å². The van der Waals surface area contributed by atoms with E-state index in [1.165, 1.54) is 12.0 Å². The first-order valence-electron chi connectivity index (χ1n) is 45.0. The quantitative estimate of drug-likeness (QED) is 0.0126. The lowest BCUT2D eigenvalue weighted by Gasteiger charge is -2.48. The van der Waals surface area contributed by atoms with Crippen molar-refractivity contribution in [1.29, 1.82) is 0 Å². The van der Waals surface area contributed by atoms with Crippen molar-refractivity contribution in [1.82, 2.24) is 26.2 Å². The first-order chi connectivity index (χ1) is 64.5. The number of nitrogens with one attached hydrogen (secondary N) is 4. The highest BCUT2D eigenvalue weighted by atomic mass is 28.4. The van der Waals surface area contributed by atoms with Crippen LogP contribution in [0.1, 0.15) is 99.8 Å². The highest BCUT2D eigenvalue weighted by molar-refractivity contribution is 6.99. The molecule has 5 heterocycles.